The molecular formula is C42H51NO17. The lowest BCUT2D eigenvalue weighted by Gasteiger charge is -2.65. The molecule has 4 aliphatic carbocycles. The molecule has 2 heterocycles. The van der Waals surface area contributed by atoms with E-state index in [0.29, 0.717) is 0 Å². The second-order valence-corrected chi connectivity index (χ2v) is 18.2. The van der Waals surface area contributed by atoms with Gasteiger partial charge in [0.15, 0.2) is 41.9 Å². The molecule has 326 valence electrons. The summed E-state index contributed by atoms with van der Waals surface area (Å²) < 4.78 is 47.6. The van der Waals surface area contributed by atoms with Gasteiger partial charge in [-0.2, -0.15) is 0 Å². The van der Waals surface area contributed by atoms with E-state index in [4.69, 9.17) is 37.9 Å². The fraction of sp³-hybridized carbons (Fsp3) is 0.643. The topological polar surface area (TPSA) is 246 Å². The number of Topliss-reactive ketones (excluding diaryl/α,β-unsaturated/α-hetero) is 1. The van der Waals surface area contributed by atoms with Crippen LogP contribution in [0.1, 0.15) is 85.5 Å². The average molecular weight is 842 g/mol. The van der Waals surface area contributed by atoms with E-state index in [1.807, 2.05) is 0 Å². The van der Waals surface area contributed by atoms with Crippen molar-refractivity contribution in [1.29, 1.82) is 0 Å². The molecule has 0 radical (unpaired) electrons. The minimum Gasteiger partial charge on any atom is -0.454 e. The summed E-state index contributed by atoms with van der Waals surface area (Å²) in [5, 5.41) is 26.1. The number of aliphatic hydroxyl groups is 2. The van der Waals surface area contributed by atoms with Gasteiger partial charge in [0.2, 0.25) is 5.60 Å². The van der Waals surface area contributed by atoms with Gasteiger partial charge in [-0.1, -0.05) is 32.0 Å². The number of rotatable bonds is 10. The summed E-state index contributed by atoms with van der Waals surface area (Å²) >= 11 is 0. The number of esters is 4. The minimum absolute atomic E-state index is 0.0244. The number of aliphatic hydroxyl groups excluding tert-OH is 2. The number of hydrogen-bond donors (Lipinski definition) is 3. The van der Waals surface area contributed by atoms with E-state index in [-0.39, 0.29) is 42.1 Å². The van der Waals surface area contributed by atoms with Crippen molar-refractivity contribution in [3.05, 3.63) is 47.0 Å². The van der Waals surface area contributed by atoms with E-state index in [1.54, 1.807) is 52.8 Å². The molecule has 18 heteroatoms. The molecule has 1 unspecified atom stereocenters. The quantitative estimate of drug-likeness (QED) is 0.174. The number of amides is 1. The fourth-order valence-corrected chi connectivity index (χ4v) is 10.4. The number of carbonyl (C=O) groups is 7. The molecule has 18 nitrogen and oxygen atoms in total. The maximum absolute atomic E-state index is 15.3. The Balaban J connectivity index is 1.41. The molecular weight excluding hydrogens is 790 g/mol. The Morgan fingerprint density at radius 2 is 1.63 bits per heavy atom. The highest BCUT2D eigenvalue weighted by Gasteiger charge is 2.91. The number of benzene rings is 1. The van der Waals surface area contributed by atoms with Crippen molar-refractivity contribution in [2.45, 2.75) is 141 Å². The lowest BCUT2D eigenvalue weighted by atomic mass is 9.48. The Morgan fingerprint density at radius 3 is 2.20 bits per heavy atom. The number of alkyl carbamates (subject to hydrolysis) is 1. The van der Waals surface area contributed by atoms with Crippen molar-refractivity contribution in [1.82, 2.24) is 5.32 Å². The zero-order chi connectivity index (χ0) is 44.1. The fourth-order valence-electron chi connectivity index (χ4n) is 10.4. The van der Waals surface area contributed by atoms with E-state index in [0.717, 1.165) is 13.8 Å². The van der Waals surface area contributed by atoms with Crippen LogP contribution in [-0.4, -0.2) is 124 Å². The standard InChI is InChI=1S/C42H51NO17/c1-18(2)15-22(43-36(51)59-38(5,6)7)27(47)35(50)55-29-26-25-28(54-19(3)44)31(48)39(8)23(46)16-24-41(17-53-24,58-20(4)45)30(39)33(56-34(49)21-13-11-10-12-14-21)42(40(25,26)9)32(29)57-37(52)60-42/h10-14,18,22-24,27-30,32-33,46-47H,15-17H2,1-9H3,(H,43,51)/t22-,23+,24+,27+,28+,29+,30?,32-,33-,39+,40-,41-,42+/m0/s1. The van der Waals surface area contributed by atoms with Gasteiger partial charge in [0.25, 0.3) is 0 Å². The van der Waals surface area contributed by atoms with Gasteiger partial charge >= 0.3 is 36.1 Å². The number of fused-ring (bicyclic) bond motifs is 3. The van der Waals surface area contributed by atoms with E-state index < -0.39 is 124 Å². The maximum atomic E-state index is 15.3. The Hall–Kier alpha value is -5.07. The molecule has 6 aliphatic rings. The number of nitrogens with one attached hydrogen (secondary N) is 1. The van der Waals surface area contributed by atoms with Crippen LogP contribution in [0.2, 0.25) is 0 Å². The molecule has 60 heavy (non-hydrogen) atoms. The number of ketones is 1. The molecule has 2 aliphatic heterocycles. The molecule has 1 spiro atoms. The molecule has 1 amide bonds. The SMILES string of the molecule is CC(=O)O[C@H]1C(=O)[C@@]2(C)C([C@H](OC(=O)c3ccccc3)[C@]34OC(=O)O[C@H]3[C@H](OC(=O)[C@H](O)[C@H](CC(C)C)NC(=O)OC(C)(C)C)C3=C1[C@@]34C)[C@]1(OC(C)=O)CO[C@@H]1C[C@H]2O. The lowest BCUT2D eigenvalue weighted by molar-refractivity contribution is -0.341. The van der Waals surface area contributed by atoms with Gasteiger partial charge in [-0.3, -0.25) is 14.4 Å². The first kappa shape index (κ1) is 43.0. The van der Waals surface area contributed by atoms with Crippen molar-refractivity contribution in [2.24, 2.45) is 22.7 Å². The molecule has 13 atom stereocenters. The van der Waals surface area contributed by atoms with E-state index in [2.05, 4.69) is 5.32 Å². The largest absolute Gasteiger partial charge is 0.509 e. The molecule has 5 fully saturated rings. The number of hydrogen-bond acceptors (Lipinski definition) is 17. The Kier molecular flexibility index (Phi) is 10.4. The molecule has 7 rings (SSSR count). The molecule has 1 aromatic carbocycles. The molecule has 0 bridgehead atoms. The zero-order valence-corrected chi connectivity index (χ0v) is 34.8. The summed E-state index contributed by atoms with van der Waals surface area (Å²) in [5.41, 5.74) is -8.64. The molecule has 1 aromatic rings. The predicted molar refractivity (Wildman–Crippen MR) is 200 cm³/mol. The summed E-state index contributed by atoms with van der Waals surface area (Å²) in [5.74, 6) is -6.59. The van der Waals surface area contributed by atoms with Gasteiger partial charge in [0, 0.05) is 20.3 Å². The summed E-state index contributed by atoms with van der Waals surface area (Å²) in [7, 11) is 0. The van der Waals surface area contributed by atoms with Crippen LogP contribution in [0.5, 0.6) is 0 Å². The van der Waals surface area contributed by atoms with Crippen molar-refractivity contribution < 1.29 is 81.7 Å². The monoisotopic (exact) mass is 841 g/mol. The van der Waals surface area contributed by atoms with Crippen LogP contribution in [0.3, 0.4) is 0 Å². The van der Waals surface area contributed by atoms with Crippen molar-refractivity contribution >= 4 is 41.9 Å². The first-order chi connectivity index (χ1) is 27.9. The van der Waals surface area contributed by atoms with Crippen molar-refractivity contribution in [2.75, 3.05) is 6.61 Å². The highest BCUT2D eigenvalue weighted by atomic mass is 16.8. The van der Waals surface area contributed by atoms with Gasteiger partial charge < -0.3 is 53.4 Å². The van der Waals surface area contributed by atoms with E-state index in [9.17, 15) is 39.0 Å². The Bertz CT molecular complexity index is 2040. The highest BCUT2D eigenvalue weighted by Crippen LogP contribution is 2.77. The summed E-state index contributed by atoms with van der Waals surface area (Å²) in [6, 6.07) is 6.49. The van der Waals surface area contributed by atoms with Crippen LogP contribution < -0.4 is 5.32 Å². The van der Waals surface area contributed by atoms with Crippen LogP contribution in [0.25, 0.3) is 0 Å². The van der Waals surface area contributed by atoms with E-state index >= 15 is 4.79 Å². The van der Waals surface area contributed by atoms with Crippen LogP contribution in [0, 0.1) is 22.7 Å². The van der Waals surface area contributed by atoms with Crippen LogP contribution in [0.15, 0.2) is 41.5 Å². The van der Waals surface area contributed by atoms with Gasteiger partial charge in [0.05, 0.1) is 41.1 Å². The second-order valence-electron chi connectivity index (χ2n) is 18.2. The van der Waals surface area contributed by atoms with E-state index in [1.165, 1.54) is 26.0 Å². The van der Waals surface area contributed by atoms with Gasteiger partial charge in [-0.15, -0.1) is 0 Å². The van der Waals surface area contributed by atoms with Crippen molar-refractivity contribution in [3.8, 4) is 0 Å². The summed E-state index contributed by atoms with van der Waals surface area (Å²) in [6.07, 6.45) is -14.0. The number of carbonyl (C=O) groups excluding carboxylic acids is 7. The van der Waals surface area contributed by atoms with Gasteiger partial charge in [0.1, 0.15) is 11.7 Å². The number of ether oxygens (including phenoxy) is 8. The smallest absolute Gasteiger partial charge is 0.454 e. The third kappa shape index (κ3) is 6.44. The third-order valence-corrected chi connectivity index (χ3v) is 12.8. The van der Waals surface area contributed by atoms with Crippen LogP contribution >= 0.6 is 0 Å². The molecule has 3 saturated carbocycles. The van der Waals surface area contributed by atoms with Crippen LogP contribution in [-0.2, 0) is 57.1 Å². The van der Waals surface area contributed by atoms with Gasteiger partial charge in [-0.25, -0.2) is 19.2 Å². The zero-order valence-electron chi connectivity index (χ0n) is 34.8. The van der Waals surface area contributed by atoms with Crippen molar-refractivity contribution in [3.63, 3.8) is 0 Å². The Labute approximate surface area is 345 Å². The molecule has 2 saturated heterocycles. The Morgan fingerprint density at radius 1 is 0.967 bits per heavy atom. The summed E-state index contributed by atoms with van der Waals surface area (Å²) in [4.78, 5) is 96.1. The second kappa shape index (κ2) is 14.5. The highest BCUT2D eigenvalue weighted by molar-refractivity contribution is 5.98. The maximum Gasteiger partial charge on any atom is 0.509 e. The van der Waals surface area contributed by atoms with Gasteiger partial charge in [-0.05, 0) is 70.2 Å². The normalized spacial score (nSPS) is 36.8. The first-order valence-corrected chi connectivity index (χ1v) is 19.9. The third-order valence-electron chi connectivity index (χ3n) is 12.8. The van der Waals surface area contributed by atoms with Crippen LogP contribution in [0.4, 0.5) is 9.59 Å². The summed E-state index contributed by atoms with van der Waals surface area (Å²) in [6.45, 7) is 13.3. The predicted octanol–water partition coefficient (Wildman–Crippen LogP) is 2.63. The average Bonchev–Trinajstić information content (AvgIpc) is 3.51. The first-order valence-electron chi connectivity index (χ1n) is 19.9. The minimum atomic E-state index is -2.27. The molecule has 3 N–H and O–H groups in total. The lowest BCUT2D eigenvalue weighted by Crippen LogP contribution is -2.81. The molecule has 0 aromatic heterocycles.